The second-order valence-corrected chi connectivity index (χ2v) is 4.88. The Balaban J connectivity index is 4.12. The molecule has 0 spiro atoms. The maximum Gasteiger partial charge on any atom is 0.433 e. The van der Waals surface area contributed by atoms with Crippen LogP contribution in [0.25, 0.3) is 0 Å². The molecule has 0 fully saturated rings. The van der Waals surface area contributed by atoms with E-state index in [0.29, 0.717) is 0 Å². The van der Waals surface area contributed by atoms with Crippen LogP contribution < -0.4 is 5.32 Å². The number of rotatable bonds is 3. The lowest BCUT2D eigenvalue weighted by atomic mass is 10.2. The van der Waals surface area contributed by atoms with E-state index in [1.165, 1.54) is 13.3 Å². The maximum absolute atomic E-state index is 11.1. The summed E-state index contributed by atoms with van der Waals surface area (Å²) in [4.78, 5) is 14.9. The molecule has 76 valence electrons. The molecule has 0 unspecified atom stereocenters. The molecule has 0 saturated carbocycles. The van der Waals surface area contributed by atoms with E-state index in [1.54, 1.807) is 20.1 Å². The van der Waals surface area contributed by atoms with Gasteiger partial charge in [0.15, 0.2) is 0 Å². The van der Waals surface area contributed by atoms with Crippen LogP contribution in [0.3, 0.4) is 0 Å². The van der Waals surface area contributed by atoms with E-state index in [1.807, 2.05) is 0 Å². The molecular formula is C7H14N2O3S. The quantitative estimate of drug-likeness (QED) is 0.415. The summed E-state index contributed by atoms with van der Waals surface area (Å²) >= 11 is 0. The first kappa shape index (κ1) is 12.1. The fourth-order valence-electron chi connectivity index (χ4n) is 0.321. The summed E-state index contributed by atoms with van der Waals surface area (Å²) in [5.74, 6) is 0. The van der Waals surface area contributed by atoms with Gasteiger partial charge in [0.1, 0.15) is 0 Å². The number of hydrogen-bond donors (Lipinski definition) is 1. The summed E-state index contributed by atoms with van der Waals surface area (Å²) in [6, 6.07) is 0. The largest absolute Gasteiger partial charge is 0.433 e. The Morgan fingerprint density at radius 1 is 1.62 bits per heavy atom. The lowest BCUT2D eigenvalue weighted by molar-refractivity contribution is 0.153. The molecule has 1 amide bonds. The Morgan fingerprint density at radius 3 is 2.54 bits per heavy atom. The molecule has 0 aliphatic rings. The fraction of sp³-hybridized carbons (Fsp3) is 0.714. The van der Waals surface area contributed by atoms with Crippen molar-refractivity contribution in [3.8, 4) is 0 Å². The van der Waals surface area contributed by atoms with Gasteiger partial charge in [0.2, 0.25) is 0 Å². The minimum absolute atomic E-state index is 0.589. The van der Waals surface area contributed by atoms with Crippen molar-refractivity contribution in [2.24, 2.45) is 5.16 Å². The Labute approximate surface area is 80.0 Å². The average molecular weight is 206 g/mol. The van der Waals surface area contributed by atoms with Crippen molar-refractivity contribution in [1.29, 1.82) is 0 Å². The zero-order chi connectivity index (χ0) is 10.5. The standard InChI is InChI=1S/C7H14N2O3S/c1-7(2,13(4)11)5-9-12-6(10)8-3/h5H,1-4H3,(H,8,10)/t13-/m1/s1. The van der Waals surface area contributed by atoms with Gasteiger partial charge in [-0.05, 0) is 13.8 Å². The van der Waals surface area contributed by atoms with Crippen molar-refractivity contribution < 1.29 is 13.8 Å². The van der Waals surface area contributed by atoms with Crippen LogP contribution in [0.2, 0.25) is 0 Å². The van der Waals surface area contributed by atoms with Gasteiger partial charge in [0, 0.05) is 24.1 Å². The smallest absolute Gasteiger partial charge is 0.323 e. The van der Waals surface area contributed by atoms with Crippen molar-refractivity contribution >= 4 is 23.1 Å². The predicted molar refractivity (Wildman–Crippen MR) is 52.2 cm³/mol. The molecule has 0 heterocycles. The molecule has 0 rings (SSSR count). The van der Waals surface area contributed by atoms with Crippen LogP contribution in [0.5, 0.6) is 0 Å². The molecule has 1 N–H and O–H groups in total. The lowest BCUT2D eigenvalue weighted by Crippen LogP contribution is -2.28. The van der Waals surface area contributed by atoms with Gasteiger partial charge in [0.25, 0.3) is 0 Å². The third-order valence-electron chi connectivity index (χ3n) is 1.44. The number of carbonyl (C=O) groups is 1. The summed E-state index contributed by atoms with van der Waals surface area (Å²) in [5.41, 5.74) is 0. The van der Waals surface area contributed by atoms with Crippen LogP contribution in [0.15, 0.2) is 5.16 Å². The molecule has 1 atom stereocenters. The Morgan fingerprint density at radius 2 is 2.15 bits per heavy atom. The number of carbonyl (C=O) groups excluding carboxylic acids is 1. The third-order valence-corrected chi connectivity index (χ3v) is 3.03. The Bertz CT molecular complexity index is 238. The van der Waals surface area contributed by atoms with E-state index >= 15 is 0 Å². The molecule has 0 aromatic rings. The molecule has 0 aromatic carbocycles. The highest BCUT2D eigenvalue weighted by molar-refractivity contribution is 7.86. The normalized spacial score (nSPS) is 14.2. The van der Waals surface area contributed by atoms with Crippen molar-refractivity contribution in [2.75, 3.05) is 13.3 Å². The van der Waals surface area contributed by atoms with Crippen molar-refractivity contribution in [2.45, 2.75) is 18.6 Å². The molecule has 0 saturated heterocycles. The summed E-state index contributed by atoms with van der Waals surface area (Å²) in [6.07, 6.45) is 2.26. The van der Waals surface area contributed by atoms with Crippen LogP contribution in [-0.2, 0) is 15.6 Å². The van der Waals surface area contributed by atoms with Crippen molar-refractivity contribution in [1.82, 2.24) is 5.32 Å². The number of amides is 1. The van der Waals surface area contributed by atoms with Gasteiger partial charge in [-0.3, -0.25) is 9.05 Å². The molecule has 0 aliphatic heterocycles. The topological polar surface area (TPSA) is 67.8 Å². The second-order valence-electron chi connectivity index (χ2n) is 2.92. The fourth-order valence-corrected chi connectivity index (χ4v) is 0.512. The van der Waals surface area contributed by atoms with Crippen LogP contribution in [-0.4, -0.2) is 34.6 Å². The molecule has 0 aliphatic carbocycles. The van der Waals surface area contributed by atoms with E-state index in [4.69, 9.17) is 0 Å². The molecule has 13 heavy (non-hydrogen) atoms. The van der Waals surface area contributed by atoms with E-state index < -0.39 is 21.6 Å². The summed E-state index contributed by atoms with van der Waals surface area (Å²) in [5, 5.41) is 5.63. The van der Waals surface area contributed by atoms with Gasteiger partial charge in [-0.25, -0.2) is 4.79 Å². The molecule has 0 radical (unpaired) electrons. The molecule has 5 nitrogen and oxygen atoms in total. The predicted octanol–water partition coefficient (Wildman–Crippen LogP) is 0.485. The summed E-state index contributed by atoms with van der Waals surface area (Å²) in [7, 11) is 0.378. The van der Waals surface area contributed by atoms with Gasteiger partial charge in [-0.1, -0.05) is 5.16 Å². The van der Waals surface area contributed by atoms with E-state index in [9.17, 15) is 9.00 Å². The lowest BCUT2D eigenvalue weighted by Gasteiger charge is -2.13. The van der Waals surface area contributed by atoms with Crippen LogP contribution in [0, 0.1) is 0 Å². The number of nitrogens with one attached hydrogen (secondary N) is 1. The maximum atomic E-state index is 11.1. The van der Waals surface area contributed by atoms with Crippen LogP contribution >= 0.6 is 0 Å². The van der Waals surface area contributed by atoms with Crippen molar-refractivity contribution in [3.05, 3.63) is 0 Å². The first-order chi connectivity index (χ1) is 5.90. The average Bonchev–Trinajstić information content (AvgIpc) is 2.03. The van der Waals surface area contributed by atoms with E-state index in [2.05, 4.69) is 15.3 Å². The van der Waals surface area contributed by atoms with Gasteiger partial charge in [-0.15, -0.1) is 0 Å². The summed E-state index contributed by atoms with van der Waals surface area (Å²) in [6.45, 7) is 3.47. The minimum atomic E-state index is -1.05. The minimum Gasteiger partial charge on any atom is -0.323 e. The number of oxime groups is 1. The number of hydrogen-bond acceptors (Lipinski definition) is 4. The second kappa shape index (κ2) is 4.96. The molecule has 0 aromatic heterocycles. The van der Waals surface area contributed by atoms with Gasteiger partial charge in [0.05, 0.1) is 11.0 Å². The van der Waals surface area contributed by atoms with Crippen LogP contribution in [0.4, 0.5) is 4.79 Å². The zero-order valence-corrected chi connectivity index (χ0v) is 8.97. The first-order valence-electron chi connectivity index (χ1n) is 3.67. The Hall–Kier alpha value is -0.910. The van der Waals surface area contributed by atoms with E-state index in [0.717, 1.165) is 0 Å². The SMILES string of the molecule is CNC(=O)ON=CC(C)(C)[S@@](C)=O. The summed E-state index contributed by atoms with van der Waals surface area (Å²) < 4.78 is 10.5. The third kappa shape index (κ3) is 4.62. The van der Waals surface area contributed by atoms with E-state index in [-0.39, 0.29) is 0 Å². The first-order valence-corrected chi connectivity index (χ1v) is 5.22. The zero-order valence-electron chi connectivity index (χ0n) is 8.16. The highest BCUT2D eigenvalue weighted by Crippen LogP contribution is 2.07. The Kier molecular flexibility index (Phi) is 4.61. The van der Waals surface area contributed by atoms with Crippen LogP contribution in [0.1, 0.15) is 13.8 Å². The van der Waals surface area contributed by atoms with Gasteiger partial charge < -0.3 is 5.32 Å². The molecule has 0 bridgehead atoms. The number of nitrogens with zero attached hydrogens (tertiary/aromatic N) is 1. The monoisotopic (exact) mass is 206 g/mol. The molecule has 6 heteroatoms. The van der Waals surface area contributed by atoms with Gasteiger partial charge in [-0.2, -0.15) is 0 Å². The van der Waals surface area contributed by atoms with Crippen molar-refractivity contribution in [3.63, 3.8) is 0 Å². The van der Waals surface area contributed by atoms with Gasteiger partial charge >= 0.3 is 6.09 Å². The highest BCUT2D eigenvalue weighted by Gasteiger charge is 2.20. The highest BCUT2D eigenvalue weighted by atomic mass is 32.2. The molecular weight excluding hydrogens is 192 g/mol.